The second-order valence-corrected chi connectivity index (χ2v) is 6.88. The number of hydrogen-bond acceptors (Lipinski definition) is 3. The maximum atomic E-state index is 6.19. The average molecular weight is 346 g/mol. The molecule has 4 rings (SSSR count). The van der Waals surface area contributed by atoms with Crippen LogP contribution < -0.4 is 14.8 Å². The topological polar surface area (TPSA) is 45.6 Å². The smallest absolute Gasteiger partial charge is 0.206 e. The highest BCUT2D eigenvalue weighted by molar-refractivity contribution is 7.98. The Bertz CT molecular complexity index is 761. The number of ether oxygens (including phenoxy) is 1. The van der Waals surface area contributed by atoms with E-state index in [1.807, 2.05) is 42.5 Å². The van der Waals surface area contributed by atoms with E-state index in [1.54, 1.807) is 11.9 Å². The van der Waals surface area contributed by atoms with Gasteiger partial charge in [-0.1, -0.05) is 29.8 Å². The van der Waals surface area contributed by atoms with Crippen molar-refractivity contribution in [3.05, 3.63) is 47.5 Å². The van der Waals surface area contributed by atoms with Crippen LogP contribution in [0.15, 0.2) is 52.4 Å². The lowest BCUT2D eigenvalue weighted by Crippen LogP contribution is -2.30. The summed E-state index contributed by atoms with van der Waals surface area (Å²) in [6.45, 7) is 0.874. The van der Waals surface area contributed by atoms with Gasteiger partial charge in [-0.25, -0.2) is 0 Å². The Balaban J connectivity index is 1.59. The molecule has 2 aromatic carbocycles. The van der Waals surface area contributed by atoms with E-state index >= 15 is 0 Å². The predicted octanol–water partition coefficient (Wildman–Crippen LogP) is 4.92. The second kappa shape index (κ2) is 6.34. The van der Waals surface area contributed by atoms with E-state index < -0.39 is 0 Å². The van der Waals surface area contributed by atoms with Crippen LogP contribution in [-0.2, 0) is 0 Å². The molecule has 0 amide bonds. The summed E-state index contributed by atoms with van der Waals surface area (Å²) in [5.74, 6) is 2.92. The van der Waals surface area contributed by atoms with Gasteiger partial charge in [0.15, 0.2) is 5.75 Å². The number of hydrogen-bond donors (Lipinski definition) is 2. The van der Waals surface area contributed by atoms with Crippen LogP contribution in [0.2, 0.25) is 5.02 Å². The molecule has 0 bridgehead atoms. The highest BCUT2D eigenvalue weighted by Gasteiger charge is 2.22. The van der Waals surface area contributed by atoms with E-state index in [0.29, 0.717) is 10.8 Å². The molecule has 2 aliphatic rings. The number of para-hydroxylation sites is 2. The number of rotatable bonds is 4. The van der Waals surface area contributed by atoms with Crippen molar-refractivity contribution >= 4 is 35.2 Å². The zero-order valence-corrected chi connectivity index (χ0v) is 14.0. The fourth-order valence-electron chi connectivity index (χ4n) is 2.29. The Labute approximate surface area is 144 Å². The van der Waals surface area contributed by atoms with E-state index in [-0.39, 0.29) is 0 Å². The minimum atomic E-state index is 0.592. The van der Waals surface area contributed by atoms with Crippen molar-refractivity contribution in [2.24, 2.45) is 10.9 Å². The molecule has 0 atom stereocenters. The van der Waals surface area contributed by atoms with Crippen molar-refractivity contribution in [3.63, 3.8) is 0 Å². The average Bonchev–Trinajstić information content (AvgIpc) is 3.40. The first-order valence-corrected chi connectivity index (χ1v) is 8.79. The lowest BCUT2D eigenvalue weighted by atomic mass is 10.2. The van der Waals surface area contributed by atoms with Gasteiger partial charge in [-0.05, 0) is 55.0 Å². The summed E-state index contributed by atoms with van der Waals surface area (Å²) < 4.78 is 9.24. The summed E-state index contributed by atoms with van der Waals surface area (Å²) in [5.41, 5.74) is 0.922. The Morgan fingerprint density at radius 1 is 1.13 bits per heavy atom. The van der Waals surface area contributed by atoms with E-state index in [1.165, 1.54) is 12.8 Å². The molecule has 23 heavy (non-hydrogen) atoms. The van der Waals surface area contributed by atoms with Crippen LogP contribution in [0.5, 0.6) is 11.5 Å². The molecule has 1 fully saturated rings. The molecule has 2 aromatic rings. The number of nitrogens with one attached hydrogen (secondary N) is 2. The number of aliphatic imine (C=N–C) groups is 1. The molecule has 0 radical (unpaired) electrons. The van der Waals surface area contributed by atoms with Crippen molar-refractivity contribution < 1.29 is 4.74 Å². The number of halogens is 1. The third-order valence-electron chi connectivity index (χ3n) is 3.75. The van der Waals surface area contributed by atoms with Crippen LogP contribution in [0.25, 0.3) is 0 Å². The van der Waals surface area contributed by atoms with Gasteiger partial charge >= 0.3 is 0 Å². The van der Waals surface area contributed by atoms with E-state index in [2.05, 4.69) is 15.0 Å². The van der Waals surface area contributed by atoms with Crippen LogP contribution in [0.1, 0.15) is 12.8 Å². The summed E-state index contributed by atoms with van der Waals surface area (Å²) in [6.07, 6.45) is 2.59. The molecular weight excluding hydrogens is 330 g/mol. The molecular formula is C17H16ClN3OS. The number of guanidine groups is 1. The van der Waals surface area contributed by atoms with Gasteiger partial charge in [0, 0.05) is 6.54 Å². The number of fused-ring (bicyclic) bond motifs is 1. The first-order chi connectivity index (χ1) is 11.3. The van der Waals surface area contributed by atoms with Gasteiger partial charge in [-0.15, -0.1) is 0 Å². The quantitative estimate of drug-likeness (QED) is 0.772. The fourth-order valence-corrected chi connectivity index (χ4v) is 3.19. The standard InChI is InChI=1S/C17H16ClN3OS/c18-12-4-1-2-5-13(12)22-14-6-3-7-15-16(14)20-17(21-23-15)19-10-11-8-9-11/h1-7,11H,8-10H2,(H2,19,20,21). The van der Waals surface area contributed by atoms with Crippen molar-refractivity contribution in [1.29, 1.82) is 0 Å². The molecule has 0 saturated heterocycles. The molecule has 2 N–H and O–H groups in total. The van der Waals surface area contributed by atoms with Crippen LogP contribution in [0.4, 0.5) is 5.69 Å². The minimum absolute atomic E-state index is 0.592. The summed E-state index contributed by atoms with van der Waals surface area (Å²) in [5, 5.41) is 3.93. The molecule has 6 heteroatoms. The van der Waals surface area contributed by atoms with Gasteiger partial charge in [0.25, 0.3) is 0 Å². The maximum absolute atomic E-state index is 6.19. The highest BCUT2D eigenvalue weighted by atomic mass is 35.5. The van der Waals surface area contributed by atoms with Crippen LogP contribution >= 0.6 is 23.5 Å². The van der Waals surface area contributed by atoms with Gasteiger partial charge in [0.2, 0.25) is 5.96 Å². The Hall–Kier alpha value is -1.85. The highest BCUT2D eigenvalue weighted by Crippen LogP contribution is 2.40. The second-order valence-electron chi connectivity index (χ2n) is 5.62. The first-order valence-electron chi connectivity index (χ1n) is 7.59. The zero-order valence-electron chi connectivity index (χ0n) is 12.4. The number of nitrogens with zero attached hydrogens (tertiary/aromatic N) is 1. The first kappa shape index (κ1) is 14.7. The van der Waals surface area contributed by atoms with Crippen LogP contribution in [0.3, 0.4) is 0 Å². The lowest BCUT2D eigenvalue weighted by Gasteiger charge is -2.23. The summed E-state index contributed by atoms with van der Waals surface area (Å²) in [6, 6.07) is 13.4. The van der Waals surface area contributed by atoms with Gasteiger partial charge in [-0.3, -0.25) is 9.71 Å². The molecule has 1 aliphatic heterocycles. The Kier molecular flexibility index (Phi) is 4.06. The van der Waals surface area contributed by atoms with Gasteiger partial charge in [0.1, 0.15) is 5.75 Å². The molecule has 0 unspecified atom stereocenters. The monoisotopic (exact) mass is 345 g/mol. The molecule has 1 saturated carbocycles. The van der Waals surface area contributed by atoms with Gasteiger partial charge in [0.05, 0.1) is 15.6 Å². The summed E-state index contributed by atoms with van der Waals surface area (Å²) in [4.78, 5) is 5.67. The predicted molar refractivity (Wildman–Crippen MR) is 95.6 cm³/mol. The maximum Gasteiger partial charge on any atom is 0.206 e. The summed E-state index contributed by atoms with van der Waals surface area (Å²) >= 11 is 7.73. The van der Waals surface area contributed by atoms with Crippen LogP contribution in [-0.4, -0.2) is 12.5 Å². The number of anilines is 1. The van der Waals surface area contributed by atoms with E-state index in [0.717, 1.165) is 34.8 Å². The molecule has 4 nitrogen and oxygen atoms in total. The largest absolute Gasteiger partial charge is 0.454 e. The van der Waals surface area contributed by atoms with E-state index in [9.17, 15) is 0 Å². The van der Waals surface area contributed by atoms with Gasteiger partial charge < -0.3 is 10.1 Å². The molecule has 1 aliphatic carbocycles. The van der Waals surface area contributed by atoms with Crippen molar-refractivity contribution in [3.8, 4) is 11.5 Å². The number of benzene rings is 2. The van der Waals surface area contributed by atoms with E-state index in [4.69, 9.17) is 16.3 Å². The zero-order chi connectivity index (χ0) is 15.6. The molecule has 0 aromatic heterocycles. The SMILES string of the molecule is Clc1ccccc1Oc1cccc2c1NC(=NCC1CC1)NS2. The molecule has 0 spiro atoms. The fraction of sp³-hybridized carbons (Fsp3) is 0.235. The Morgan fingerprint density at radius 3 is 2.78 bits per heavy atom. The normalized spacial score (nSPS) is 18.0. The summed E-state index contributed by atoms with van der Waals surface area (Å²) in [7, 11) is 0. The van der Waals surface area contributed by atoms with Crippen molar-refractivity contribution in [1.82, 2.24) is 4.72 Å². The lowest BCUT2D eigenvalue weighted by molar-refractivity contribution is 0.484. The third kappa shape index (κ3) is 3.41. The van der Waals surface area contributed by atoms with Gasteiger partial charge in [-0.2, -0.15) is 0 Å². The van der Waals surface area contributed by atoms with Crippen molar-refractivity contribution in [2.45, 2.75) is 17.7 Å². The third-order valence-corrected chi connectivity index (χ3v) is 4.92. The van der Waals surface area contributed by atoms with Crippen molar-refractivity contribution in [2.75, 3.05) is 11.9 Å². The minimum Gasteiger partial charge on any atom is -0.454 e. The molecule has 118 valence electrons. The molecule has 1 heterocycles. The van der Waals surface area contributed by atoms with Crippen LogP contribution in [0, 0.1) is 5.92 Å². The Morgan fingerprint density at radius 2 is 1.96 bits per heavy atom.